The molecule has 408 valence electrons. The quantitative estimate of drug-likeness (QED) is 0.0545. The third-order valence-corrected chi connectivity index (χ3v) is 18.7. The Morgan fingerprint density at radius 2 is 1.61 bits per heavy atom. The number of aliphatic hydroxyl groups is 5. The van der Waals surface area contributed by atoms with Gasteiger partial charge in [0.25, 0.3) is 0 Å². The summed E-state index contributed by atoms with van der Waals surface area (Å²) in [5.41, 5.74) is 1.91. The topological polar surface area (TPSA) is 212 Å². The zero-order valence-electron chi connectivity index (χ0n) is 44.4. The fourth-order valence-corrected chi connectivity index (χ4v) is 14.5. The van der Waals surface area contributed by atoms with Crippen LogP contribution in [-0.2, 0) is 49.7 Å². The second-order valence-corrected chi connectivity index (χ2v) is 23.8. The van der Waals surface area contributed by atoms with Crippen LogP contribution in [0.5, 0.6) is 11.5 Å². The van der Waals surface area contributed by atoms with Crippen molar-refractivity contribution in [3.8, 4) is 23.3 Å². The summed E-state index contributed by atoms with van der Waals surface area (Å²) in [5, 5.41) is 75.5. The van der Waals surface area contributed by atoms with Gasteiger partial charge in [0, 0.05) is 60.0 Å². The SMILES string of the molecule is CCC1CCC2C3Cc4cccc(c4)CC(O)C=C4CC(c5cc(CO)cc(NCC(C)(O)C(O)COC6CCCCC6)c5)C#CC5CC(=O)Oc6c5cc(c(O)c6C5CCCCC5)CC(OC4=O)C1(O)C2CCC3=O. The molecule has 7 N–H and O–H groups in total. The Bertz CT molecular complexity index is 2720. The van der Waals surface area contributed by atoms with Crippen molar-refractivity contribution >= 4 is 23.4 Å². The van der Waals surface area contributed by atoms with Crippen LogP contribution >= 0.6 is 0 Å². The Labute approximate surface area is 447 Å². The second kappa shape index (κ2) is 23.1. The molecule has 0 spiro atoms. The molecule has 13 heteroatoms. The van der Waals surface area contributed by atoms with Gasteiger partial charge in [0.15, 0.2) is 0 Å². The number of carbonyl (C=O) groups excluding carboxylic acids is 3. The number of hydrogen-bond acceptors (Lipinski definition) is 13. The van der Waals surface area contributed by atoms with E-state index in [1.807, 2.05) is 43.3 Å². The molecule has 10 bridgehead atoms. The first-order chi connectivity index (χ1) is 36.6. The highest BCUT2D eigenvalue weighted by Crippen LogP contribution is 2.56. The Morgan fingerprint density at radius 1 is 0.868 bits per heavy atom. The number of phenols is 1. The molecule has 0 amide bonds. The molecule has 10 rings (SSSR count). The number of nitrogens with one attached hydrogen (secondary N) is 1. The number of esters is 2. The van der Waals surface area contributed by atoms with Crippen LogP contribution in [0.2, 0.25) is 0 Å². The van der Waals surface area contributed by atoms with Crippen LogP contribution in [0.4, 0.5) is 5.69 Å². The van der Waals surface area contributed by atoms with Crippen LogP contribution in [0.25, 0.3) is 0 Å². The molecule has 3 aliphatic heterocycles. The van der Waals surface area contributed by atoms with Gasteiger partial charge in [0.05, 0.1) is 37.8 Å². The first-order valence-electron chi connectivity index (χ1n) is 28.6. The van der Waals surface area contributed by atoms with E-state index in [9.17, 15) is 40.2 Å². The van der Waals surface area contributed by atoms with Gasteiger partial charge >= 0.3 is 11.9 Å². The fraction of sp³-hybridized carbons (Fsp3) is 0.603. The molecule has 7 aliphatic rings. The van der Waals surface area contributed by atoms with Gasteiger partial charge in [0.1, 0.15) is 40.7 Å². The van der Waals surface area contributed by atoms with E-state index in [-0.39, 0.29) is 98.7 Å². The molecular weight excluding hydrogens is 963 g/mol. The number of rotatable bonds is 11. The molecule has 4 saturated carbocycles. The number of anilines is 1. The van der Waals surface area contributed by atoms with Gasteiger partial charge in [0.2, 0.25) is 0 Å². The Balaban J connectivity index is 1.11. The minimum atomic E-state index is -1.64. The predicted octanol–water partition coefficient (Wildman–Crippen LogP) is 8.69. The molecule has 76 heavy (non-hydrogen) atoms. The minimum Gasteiger partial charge on any atom is -0.507 e. The van der Waals surface area contributed by atoms with Crippen molar-refractivity contribution < 1.29 is 59.2 Å². The number of aliphatic hydroxyl groups excluding tert-OH is 3. The number of benzene rings is 3. The number of Topliss-reactive ketones (excluding diaryl/α,β-unsaturated/α-hetero) is 1. The lowest BCUT2D eigenvalue weighted by Crippen LogP contribution is -2.63. The average Bonchev–Trinajstić information content (AvgIpc) is 3.47. The number of hydrogen-bond donors (Lipinski definition) is 7. The van der Waals surface area contributed by atoms with Gasteiger partial charge in [-0.05, 0) is 140 Å². The van der Waals surface area contributed by atoms with Gasteiger partial charge in [-0.15, -0.1) is 0 Å². The van der Waals surface area contributed by atoms with Crippen molar-refractivity contribution in [1.82, 2.24) is 0 Å². The van der Waals surface area contributed by atoms with E-state index in [1.54, 1.807) is 19.1 Å². The average molecular weight is 1040 g/mol. The van der Waals surface area contributed by atoms with Crippen LogP contribution in [-0.4, -0.2) is 97.1 Å². The normalized spacial score (nSPS) is 30.5. The van der Waals surface area contributed by atoms with Crippen molar-refractivity contribution in [2.45, 2.75) is 202 Å². The molecule has 3 aromatic rings. The molecule has 11 unspecified atom stereocenters. The van der Waals surface area contributed by atoms with E-state index in [0.29, 0.717) is 64.9 Å². The lowest BCUT2D eigenvalue weighted by atomic mass is 9.53. The van der Waals surface area contributed by atoms with Crippen molar-refractivity contribution in [2.75, 3.05) is 18.5 Å². The summed E-state index contributed by atoms with van der Waals surface area (Å²) in [6.07, 6.45) is 10.6. The van der Waals surface area contributed by atoms with Gasteiger partial charge in [-0.1, -0.05) is 94.0 Å². The molecule has 0 radical (unpaired) electrons. The molecule has 0 saturated heterocycles. The minimum absolute atomic E-state index is 0.0265. The Hall–Kier alpha value is -5.07. The molecule has 3 aromatic carbocycles. The number of aromatic hydroxyl groups is 1. The summed E-state index contributed by atoms with van der Waals surface area (Å²) in [5.74, 6) is 3.18. The lowest BCUT2D eigenvalue weighted by Gasteiger charge is -2.56. The van der Waals surface area contributed by atoms with Crippen molar-refractivity contribution in [1.29, 1.82) is 0 Å². The summed E-state index contributed by atoms with van der Waals surface area (Å²) < 4.78 is 19.1. The molecule has 13 nitrogen and oxygen atoms in total. The number of fused-ring (bicyclic) bond motifs is 7. The highest BCUT2D eigenvalue weighted by Gasteiger charge is 2.59. The van der Waals surface area contributed by atoms with Gasteiger partial charge in [-0.2, -0.15) is 0 Å². The highest BCUT2D eigenvalue weighted by atomic mass is 16.6. The number of ketones is 1. The largest absolute Gasteiger partial charge is 0.507 e. The van der Waals surface area contributed by atoms with Crippen LogP contribution in [0, 0.1) is 35.5 Å². The highest BCUT2D eigenvalue weighted by molar-refractivity contribution is 5.89. The first-order valence-corrected chi connectivity index (χ1v) is 28.6. The third kappa shape index (κ3) is 11.4. The van der Waals surface area contributed by atoms with E-state index >= 15 is 4.79 Å². The van der Waals surface area contributed by atoms with E-state index in [2.05, 4.69) is 17.2 Å². The number of ether oxygens (including phenoxy) is 3. The molecule has 0 aromatic heterocycles. The zero-order chi connectivity index (χ0) is 53.3. The van der Waals surface area contributed by atoms with Gasteiger partial charge in [-0.25, -0.2) is 4.79 Å². The van der Waals surface area contributed by atoms with E-state index in [1.165, 1.54) is 6.08 Å². The first kappa shape index (κ1) is 54.3. The molecule has 4 fully saturated rings. The Morgan fingerprint density at radius 3 is 2.36 bits per heavy atom. The van der Waals surface area contributed by atoms with Gasteiger partial charge < -0.3 is 50.2 Å². The maximum atomic E-state index is 15.6. The summed E-state index contributed by atoms with van der Waals surface area (Å²) in [7, 11) is 0. The third-order valence-electron chi connectivity index (χ3n) is 18.7. The number of carbonyl (C=O) groups is 3. The smallest absolute Gasteiger partial charge is 0.334 e. The van der Waals surface area contributed by atoms with Crippen LogP contribution in [0.1, 0.15) is 180 Å². The van der Waals surface area contributed by atoms with E-state index < -0.39 is 59.2 Å². The van der Waals surface area contributed by atoms with E-state index in [0.717, 1.165) is 81.8 Å². The standard InChI is InChI=1S/C63H79NO12/c1-3-46-19-20-50-52-27-38-12-10-11-37(23-38)26-48(66)30-45-28-41(43-24-39(34-65)25-47(29-43)64-36-62(2,72)55(68)35-74-49-15-8-5-9-16-49)17-18-42-33-57(69)76-60-51(42)31-44(59(70)58(60)40-13-6-4-7-14-40)32-56(75-61(45)71)63(46,73)53(50)21-22-54(52)67/h10-12,23-25,29-31,40-42,46,48-50,52-53,55-56,64-66,68,70,72-73H,3-9,13-16,19-22,26-28,32-36H2,1-2H3. The summed E-state index contributed by atoms with van der Waals surface area (Å²) in [4.78, 5) is 43.5. The van der Waals surface area contributed by atoms with Gasteiger partial charge in [-0.3, -0.25) is 9.59 Å². The van der Waals surface area contributed by atoms with E-state index in [4.69, 9.17) is 14.2 Å². The summed E-state index contributed by atoms with van der Waals surface area (Å²) in [6, 6.07) is 15.1. The predicted molar refractivity (Wildman–Crippen MR) is 287 cm³/mol. The summed E-state index contributed by atoms with van der Waals surface area (Å²) >= 11 is 0. The molecule has 4 aliphatic carbocycles. The van der Waals surface area contributed by atoms with Crippen LogP contribution in [0.15, 0.2) is 60.2 Å². The second-order valence-electron chi connectivity index (χ2n) is 23.8. The van der Waals surface area contributed by atoms with Crippen molar-refractivity contribution in [3.05, 3.63) is 99.1 Å². The van der Waals surface area contributed by atoms with Crippen molar-refractivity contribution in [2.24, 2.45) is 23.7 Å². The molecule has 3 heterocycles. The zero-order valence-corrected chi connectivity index (χ0v) is 44.4. The van der Waals surface area contributed by atoms with Crippen molar-refractivity contribution in [3.63, 3.8) is 0 Å². The molecule has 11 atom stereocenters. The maximum Gasteiger partial charge on any atom is 0.334 e. The lowest BCUT2D eigenvalue weighted by molar-refractivity contribution is -0.212. The summed E-state index contributed by atoms with van der Waals surface area (Å²) in [6.45, 7) is 3.13. The molecular formula is C63H79NO12. The maximum absolute atomic E-state index is 15.6. The Kier molecular flexibility index (Phi) is 16.5. The van der Waals surface area contributed by atoms with Crippen LogP contribution < -0.4 is 10.1 Å². The van der Waals surface area contributed by atoms with Crippen LogP contribution in [0.3, 0.4) is 0 Å². The number of phenolic OH excluding ortho intramolecular Hbond substituents is 1. The monoisotopic (exact) mass is 1040 g/mol. The fourth-order valence-electron chi connectivity index (χ4n) is 14.5.